The van der Waals surface area contributed by atoms with Gasteiger partial charge in [0.25, 0.3) is 0 Å². The Labute approximate surface area is 182 Å². The highest BCUT2D eigenvalue weighted by atomic mass is 32.2. The summed E-state index contributed by atoms with van der Waals surface area (Å²) < 4.78 is 42.3. The van der Waals surface area contributed by atoms with E-state index in [9.17, 15) is 22.4 Å². The third-order valence-electron chi connectivity index (χ3n) is 7.50. The average molecular weight is 452 g/mol. The lowest BCUT2D eigenvalue weighted by Crippen LogP contribution is -2.65. The van der Waals surface area contributed by atoms with Crippen LogP contribution in [0.4, 0.5) is 4.39 Å². The van der Waals surface area contributed by atoms with E-state index in [1.807, 2.05) is 0 Å². The maximum absolute atomic E-state index is 14.4. The lowest BCUT2D eigenvalue weighted by molar-refractivity contribution is -0.148. The summed E-state index contributed by atoms with van der Waals surface area (Å²) in [5.74, 6) is -0.772. The van der Waals surface area contributed by atoms with Gasteiger partial charge in [-0.2, -0.15) is 4.72 Å². The average Bonchev–Trinajstić information content (AvgIpc) is 2.65. The third kappa shape index (κ3) is 3.75. The SMILES string of the molecule is Cc1cccc(S(=O)(=O)NC(C)(C)C(=O)NC2C3CC4CC2CC(C(N)=O)(C4)C3)c1F. The topological polar surface area (TPSA) is 118 Å². The van der Waals surface area contributed by atoms with Gasteiger partial charge in [0.05, 0.1) is 0 Å². The number of carbonyl (C=O) groups is 2. The summed E-state index contributed by atoms with van der Waals surface area (Å²) in [4.78, 5) is 24.7. The summed E-state index contributed by atoms with van der Waals surface area (Å²) in [6.07, 6.45) is 4.06. The summed E-state index contributed by atoms with van der Waals surface area (Å²) in [6.45, 7) is 4.42. The van der Waals surface area contributed by atoms with Crippen LogP contribution in [0.25, 0.3) is 0 Å². The molecule has 4 N–H and O–H groups in total. The number of nitrogens with two attached hydrogens (primary N) is 1. The highest BCUT2D eigenvalue weighted by molar-refractivity contribution is 7.89. The van der Waals surface area contributed by atoms with E-state index >= 15 is 0 Å². The molecule has 1 aromatic rings. The van der Waals surface area contributed by atoms with Crippen molar-refractivity contribution in [1.82, 2.24) is 10.0 Å². The van der Waals surface area contributed by atoms with Gasteiger partial charge in [0.15, 0.2) is 0 Å². The molecule has 4 fully saturated rings. The molecule has 0 spiro atoms. The molecule has 0 aromatic heterocycles. The number of halogens is 1. The standard InChI is InChI=1S/C22H30FN3O4S/c1-12-5-4-6-16(17(12)23)31(29,30)26-21(2,3)20(28)25-18-14-7-13-8-15(18)11-22(9-13,10-14)19(24)27/h4-6,13-15,18,26H,7-11H2,1-3H3,(H2,24,27)(H,25,28). The second kappa shape index (κ2) is 7.27. The lowest BCUT2D eigenvalue weighted by Gasteiger charge is -2.59. The van der Waals surface area contributed by atoms with Crippen molar-refractivity contribution in [2.75, 3.05) is 0 Å². The number of amides is 2. The van der Waals surface area contributed by atoms with Gasteiger partial charge in [0.2, 0.25) is 21.8 Å². The van der Waals surface area contributed by atoms with Crippen molar-refractivity contribution in [3.8, 4) is 0 Å². The van der Waals surface area contributed by atoms with Crippen molar-refractivity contribution < 1.29 is 22.4 Å². The summed E-state index contributed by atoms with van der Waals surface area (Å²) in [7, 11) is -4.25. The minimum Gasteiger partial charge on any atom is -0.369 e. The predicted octanol–water partition coefficient (Wildman–Crippen LogP) is 1.99. The number of nitrogens with one attached hydrogen (secondary N) is 2. The van der Waals surface area contributed by atoms with Crippen LogP contribution in [0, 0.1) is 35.9 Å². The van der Waals surface area contributed by atoms with Crippen molar-refractivity contribution in [2.45, 2.75) is 69.4 Å². The Kier molecular flexibility index (Phi) is 5.20. The van der Waals surface area contributed by atoms with Gasteiger partial charge in [-0.3, -0.25) is 9.59 Å². The Morgan fingerprint density at radius 2 is 1.77 bits per heavy atom. The van der Waals surface area contributed by atoms with Gasteiger partial charge in [0, 0.05) is 11.5 Å². The third-order valence-corrected chi connectivity index (χ3v) is 9.17. The minimum atomic E-state index is -4.25. The lowest BCUT2D eigenvalue weighted by atomic mass is 9.47. The van der Waals surface area contributed by atoms with Gasteiger partial charge >= 0.3 is 0 Å². The molecule has 2 unspecified atom stereocenters. The van der Waals surface area contributed by atoms with Gasteiger partial charge in [-0.05, 0) is 82.3 Å². The van der Waals surface area contributed by atoms with Gasteiger partial charge in [-0.1, -0.05) is 12.1 Å². The number of sulfonamides is 1. The van der Waals surface area contributed by atoms with Gasteiger partial charge in [-0.25, -0.2) is 12.8 Å². The maximum Gasteiger partial charge on any atom is 0.244 e. The number of primary amides is 1. The van der Waals surface area contributed by atoms with Crippen LogP contribution in [0.15, 0.2) is 23.1 Å². The first-order valence-corrected chi connectivity index (χ1v) is 12.2. The normalized spacial score (nSPS) is 32.1. The number of aryl methyl sites for hydroxylation is 1. The van der Waals surface area contributed by atoms with E-state index in [1.54, 1.807) is 0 Å². The first-order valence-electron chi connectivity index (χ1n) is 10.7. The fourth-order valence-corrected chi connectivity index (χ4v) is 7.69. The predicted molar refractivity (Wildman–Crippen MR) is 113 cm³/mol. The summed E-state index contributed by atoms with van der Waals surface area (Å²) >= 11 is 0. The summed E-state index contributed by atoms with van der Waals surface area (Å²) in [5, 5.41) is 3.05. The number of rotatable bonds is 6. The molecular formula is C22H30FN3O4S. The first kappa shape index (κ1) is 22.2. The molecule has 1 aromatic carbocycles. The molecule has 2 amide bonds. The molecule has 5 rings (SSSR count). The van der Waals surface area contributed by atoms with E-state index < -0.39 is 37.6 Å². The van der Waals surface area contributed by atoms with Crippen LogP contribution in [0.1, 0.15) is 51.5 Å². The zero-order valence-corrected chi connectivity index (χ0v) is 18.9. The van der Waals surface area contributed by atoms with Crippen molar-refractivity contribution in [2.24, 2.45) is 28.9 Å². The quantitative estimate of drug-likeness (QED) is 0.613. The van der Waals surface area contributed by atoms with Crippen LogP contribution < -0.4 is 15.8 Å². The second-order valence-corrected chi connectivity index (χ2v) is 11.9. The van der Waals surface area contributed by atoms with E-state index in [1.165, 1.54) is 39.0 Å². The molecule has 170 valence electrons. The van der Waals surface area contributed by atoms with Crippen LogP contribution in [-0.4, -0.2) is 31.8 Å². The van der Waals surface area contributed by atoms with Crippen LogP contribution >= 0.6 is 0 Å². The molecule has 4 saturated carbocycles. The van der Waals surface area contributed by atoms with Crippen LogP contribution in [0.5, 0.6) is 0 Å². The minimum absolute atomic E-state index is 0.115. The highest BCUT2D eigenvalue weighted by Crippen LogP contribution is 2.59. The molecule has 31 heavy (non-hydrogen) atoms. The smallest absolute Gasteiger partial charge is 0.244 e. The molecule has 0 saturated heterocycles. The molecule has 4 aliphatic rings. The zero-order chi connectivity index (χ0) is 22.8. The molecule has 0 heterocycles. The molecule has 4 bridgehead atoms. The van der Waals surface area contributed by atoms with E-state index in [-0.39, 0.29) is 29.3 Å². The Bertz CT molecular complexity index is 1020. The maximum atomic E-state index is 14.4. The van der Waals surface area contributed by atoms with E-state index in [0.29, 0.717) is 18.8 Å². The van der Waals surface area contributed by atoms with Crippen LogP contribution in [-0.2, 0) is 19.6 Å². The summed E-state index contributed by atoms with van der Waals surface area (Å²) in [6, 6.07) is 4.01. The fraction of sp³-hybridized carbons (Fsp3) is 0.636. The number of benzene rings is 1. The van der Waals surface area contributed by atoms with Crippen molar-refractivity contribution in [1.29, 1.82) is 0 Å². The first-order chi connectivity index (χ1) is 14.3. The fourth-order valence-electron chi connectivity index (χ4n) is 6.16. The Morgan fingerprint density at radius 1 is 1.16 bits per heavy atom. The zero-order valence-electron chi connectivity index (χ0n) is 18.1. The molecule has 2 atom stereocenters. The molecule has 7 nitrogen and oxygen atoms in total. The molecule has 0 aliphatic heterocycles. The number of hydrogen-bond acceptors (Lipinski definition) is 4. The second-order valence-electron chi connectivity index (χ2n) is 10.2. The van der Waals surface area contributed by atoms with E-state index in [0.717, 1.165) is 19.3 Å². The van der Waals surface area contributed by atoms with Crippen LogP contribution in [0.2, 0.25) is 0 Å². The summed E-state index contributed by atoms with van der Waals surface area (Å²) in [5.41, 5.74) is 3.99. The van der Waals surface area contributed by atoms with Gasteiger partial charge in [-0.15, -0.1) is 0 Å². The molecule has 0 radical (unpaired) electrons. The van der Waals surface area contributed by atoms with E-state index in [2.05, 4.69) is 10.0 Å². The number of hydrogen-bond donors (Lipinski definition) is 3. The van der Waals surface area contributed by atoms with Crippen LogP contribution in [0.3, 0.4) is 0 Å². The molecule has 4 aliphatic carbocycles. The molecular weight excluding hydrogens is 421 g/mol. The monoisotopic (exact) mass is 451 g/mol. The van der Waals surface area contributed by atoms with Crippen molar-refractivity contribution in [3.63, 3.8) is 0 Å². The largest absolute Gasteiger partial charge is 0.369 e. The van der Waals surface area contributed by atoms with E-state index in [4.69, 9.17) is 5.73 Å². The Balaban J connectivity index is 1.50. The molecule has 9 heteroatoms. The van der Waals surface area contributed by atoms with Gasteiger partial charge in [0.1, 0.15) is 16.3 Å². The Morgan fingerprint density at radius 3 is 2.35 bits per heavy atom. The van der Waals surface area contributed by atoms with Gasteiger partial charge < -0.3 is 11.1 Å². The van der Waals surface area contributed by atoms with Crippen molar-refractivity contribution >= 4 is 21.8 Å². The Hall–Kier alpha value is -2.00. The number of carbonyl (C=O) groups excluding carboxylic acids is 2. The highest BCUT2D eigenvalue weighted by Gasteiger charge is 2.58. The van der Waals surface area contributed by atoms with Crippen molar-refractivity contribution in [3.05, 3.63) is 29.6 Å².